The standard InChI is InChI=1S/C19H21FN4O3/c1-10-15-13(23-24-18(21)26)8-19(2,3)9-14(15)27-16(10)17(25)22-12-7-5-4-6-11(12)20/h4-7H,8-9H2,1-3H3,(H,22,25)(H3,21,24,26)/b23-13-. The van der Waals surface area contributed by atoms with E-state index in [1.54, 1.807) is 19.1 Å². The van der Waals surface area contributed by atoms with E-state index in [0.717, 1.165) is 0 Å². The Morgan fingerprint density at radius 1 is 1.26 bits per heavy atom. The van der Waals surface area contributed by atoms with E-state index in [1.165, 1.54) is 12.1 Å². The number of amides is 3. The zero-order valence-electron chi connectivity index (χ0n) is 15.4. The van der Waals surface area contributed by atoms with Crippen molar-refractivity contribution in [3.63, 3.8) is 0 Å². The molecule has 3 rings (SSSR count). The third kappa shape index (κ3) is 3.84. The predicted molar refractivity (Wildman–Crippen MR) is 99.2 cm³/mol. The lowest BCUT2D eigenvalue weighted by Gasteiger charge is -2.29. The fraction of sp³-hybridized carbons (Fsp3) is 0.316. The molecule has 0 fully saturated rings. The Labute approximate surface area is 155 Å². The van der Waals surface area contributed by atoms with E-state index in [1.807, 2.05) is 13.8 Å². The molecule has 0 bridgehead atoms. The topological polar surface area (TPSA) is 110 Å². The van der Waals surface area contributed by atoms with Crippen LogP contribution in [0.2, 0.25) is 0 Å². The maximum atomic E-state index is 13.8. The Balaban J connectivity index is 1.98. The van der Waals surface area contributed by atoms with Crippen LogP contribution in [-0.2, 0) is 6.42 Å². The summed E-state index contributed by atoms with van der Waals surface area (Å²) in [6.45, 7) is 5.80. The molecule has 1 aromatic carbocycles. The third-order valence-corrected chi connectivity index (χ3v) is 4.42. The molecule has 4 N–H and O–H groups in total. The fourth-order valence-electron chi connectivity index (χ4n) is 3.29. The summed E-state index contributed by atoms with van der Waals surface area (Å²) in [5.41, 5.74) is 9.10. The number of urea groups is 1. The van der Waals surface area contributed by atoms with Gasteiger partial charge in [0.1, 0.15) is 11.6 Å². The maximum Gasteiger partial charge on any atom is 0.332 e. The van der Waals surface area contributed by atoms with Crippen LogP contribution >= 0.6 is 0 Å². The number of carbonyl (C=O) groups is 2. The Bertz CT molecular complexity index is 946. The molecule has 1 aliphatic carbocycles. The first-order valence-corrected chi connectivity index (χ1v) is 8.48. The largest absolute Gasteiger partial charge is 0.455 e. The molecule has 0 unspecified atom stereocenters. The first kappa shape index (κ1) is 18.6. The number of nitrogens with zero attached hydrogens (tertiary/aromatic N) is 1. The van der Waals surface area contributed by atoms with Crippen LogP contribution in [0.15, 0.2) is 33.8 Å². The number of hydrogen-bond acceptors (Lipinski definition) is 4. The van der Waals surface area contributed by atoms with Crippen molar-refractivity contribution in [2.24, 2.45) is 16.3 Å². The van der Waals surface area contributed by atoms with Crippen molar-refractivity contribution < 1.29 is 18.4 Å². The molecule has 0 spiro atoms. The summed E-state index contributed by atoms with van der Waals surface area (Å²) in [5.74, 6) is -0.388. The van der Waals surface area contributed by atoms with Crippen LogP contribution in [0.3, 0.4) is 0 Å². The maximum absolute atomic E-state index is 13.8. The van der Waals surface area contributed by atoms with Gasteiger partial charge in [0.25, 0.3) is 5.91 Å². The Morgan fingerprint density at radius 3 is 2.63 bits per heavy atom. The van der Waals surface area contributed by atoms with Crippen molar-refractivity contribution in [3.8, 4) is 0 Å². The number of primary amides is 1. The van der Waals surface area contributed by atoms with Gasteiger partial charge in [-0.25, -0.2) is 14.6 Å². The van der Waals surface area contributed by atoms with Gasteiger partial charge < -0.3 is 15.5 Å². The molecule has 0 saturated carbocycles. The van der Waals surface area contributed by atoms with E-state index in [0.29, 0.717) is 35.4 Å². The first-order valence-electron chi connectivity index (χ1n) is 8.48. The summed E-state index contributed by atoms with van der Waals surface area (Å²) in [4.78, 5) is 23.7. The highest BCUT2D eigenvalue weighted by atomic mass is 19.1. The number of nitrogens with one attached hydrogen (secondary N) is 2. The van der Waals surface area contributed by atoms with Crippen molar-refractivity contribution in [1.82, 2.24) is 5.43 Å². The minimum absolute atomic E-state index is 0.0703. The minimum Gasteiger partial charge on any atom is -0.455 e. The molecule has 1 heterocycles. The van der Waals surface area contributed by atoms with E-state index in [-0.39, 0.29) is 16.9 Å². The van der Waals surface area contributed by atoms with Gasteiger partial charge in [0, 0.05) is 17.5 Å². The molecule has 1 aliphatic rings. The van der Waals surface area contributed by atoms with Crippen LogP contribution in [0.5, 0.6) is 0 Å². The molecule has 0 saturated heterocycles. The van der Waals surface area contributed by atoms with Gasteiger partial charge in [-0.05, 0) is 30.9 Å². The summed E-state index contributed by atoms with van der Waals surface area (Å²) in [7, 11) is 0. The number of furan rings is 1. The van der Waals surface area contributed by atoms with Crippen LogP contribution in [0.4, 0.5) is 14.9 Å². The number of nitrogens with two attached hydrogens (primary N) is 1. The van der Waals surface area contributed by atoms with Gasteiger partial charge in [-0.3, -0.25) is 4.79 Å². The lowest BCUT2D eigenvalue weighted by atomic mass is 9.75. The average Bonchev–Trinajstić information content (AvgIpc) is 2.90. The van der Waals surface area contributed by atoms with E-state index < -0.39 is 17.8 Å². The Morgan fingerprint density at radius 2 is 1.96 bits per heavy atom. The molecule has 8 heteroatoms. The molecule has 7 nitrogen and oxygen atoms in total. The van der Waals surface area contributed by atoms with Crippen molar-refractivity contribution >= 4 is 23.3 Å². The van der Waals surface area contributed by atoms with Crippen LogP contribution in [0.1, 0.15) is 47.7 Å². The van der Waals surface area contributed by atoms with Crippen LogP contribution in [-0.4, -0.2) is 17.6 Å². The molecule has 0 atom stereocenters. The molecular formula is C19H21FN4O3. The van der Waals surface area contributed by atoms with Crippen molar-refractivity contribution in [2.75, 3.05) is 5.32 Å². The van der Waals surface area contributed by atoms with Gasteiger partial charge in [-0.15, -0.1) is 0 Å². The Hall–Kier alpha value is -3.16. The highest BCUT2D eigenvalue weighted by Gasteiger charge is 2.36. The summed E-state index contributed by atoms with van der Waals surface area (Å²) in [6, 6.07) is 5.13. The molecule has 2 aromatic rings. The van der Waals surface area contributed by atoms with Gasteiger partial charge in [-0.2, -0.15) is 5.10 Å². The Kier molecular flexibility index (Phi) is 4.73. The summed E-state index contributed by atoms with van der Waals surface area (Å²) >= 11 is 0. The number of anilines is 1. The highest BCUT2D eigenvalue weighted by Crippen LogP contribution is 2.39. The highest BCUT2D eigenvalue weighted by molar-refractivity contribution is 6.09. The first-order chi connectivity index (χ1) is 12.7. The fourth-order valence-corrected chi connectivity index (χ4v) is 3.29. The lowest BCUT2D eigenvalue weighted by Crippen LogP contribution is -2.31. The summed E-state index contributed by atoms with van der Waals surface area (Å²) < 4.78 is 19.6. The SMILES string of the molecule is Cc1c(C(=O)Nc2ccccc2F)oc2c1/C(=N\NC(N)=O)CC(C)(C)C2. The molecule has 1 aromatic heterocycles. The smallest absolute Gasteiger partial charge is 0.332 e. The van der Waals surface area contributed by atoms with Gasteiger partial charge in [-0.1, -0.05) is 26.0 Å². The van der Waals surface area contributed by atoms with Crippen molar-refractivity contribution in [2.45, 2.75) is 33.6 Å². The number of carbonyl (C=O) groups excluding carboxylic acids is 2. The average molecular weight is 372 g/mol. The van der Waals surface area contributed by atoms with Gasteiger partial charge >= 0.3 is 6.03 Å². The van der Waals surface area contributed by atoms with Crippen LogP contribution in [0.25, 0.3) is 0 Å². The van der Waals surface area contributed by atoms with Crippen LogP contribution < -0.4 is 16.5 Å². The lowest BCUT2D eigenvalue weighted by molar-refractivity contribution is 0.0992. The van der Waals surface area contributed by atoms with E-state index in [2.05, 4.69) is 15.8 Å². The van der Waals surface area contributed by atoms with Crippen LogP contribution in [0, 0.1) is 18.2 Å². The zero-order chi connectivity index (χ0) is 19.8. The number of para-hydroxylation sites is 1. The predicted octanol–water partition coefficient (Wildman–Crippen LogP) is 3.32. The molecule has 0 aliphatic heterocycles. The van der Waals surface area contributed by atoms with E-state index in [4.69, 9.17) is 10.2 Å². The van der Waals surface area contributed by atoms with Gasteiger partial charge in [0.2, 0.25) is 0 Å². The zero-order valence-corrected chi connectivity index (χ0v) is 15.4. The molecule has 0 radical (unpaired) electrons. The number of fused-ring (bicyclic) bond motifs is 1. The van der Waals surface area contributed by atoms with Gasteiger partial charge in [0.05, 0.1) is 11.4 Å². The van der Waals surface area contributed by atoms with Crippen molar-refractivity contribution in [1.29, 1.82) is 0 Å². The molecule has 3 amide bonds. The third-order valence-electron chi connectivity index (χ3n) is 4.42. The second-order valence-corrected chi connectivity index (χ2v) is 7.34. The normalized spacial score (nSPS) is 16.7. The number of hydrazone groups is 1. The number of benzene rings is 1. The second-order valence-electron chi connectivity index (χ2n) is 7.34. The second kappa shape index (κ2) is 6.86. The summed E-state index contributed by atoms with van der Waals surface area (Å²) in [6.07, 6.45) is 1.18. The monoisotopic (exact) mass is 372 g/mol. The quantitative estimate of drug-likeness (QED) is 0.719. The van der Waals surface area contributed by atoms with E-state index >= 15 is 0 Å². The molecule has 27 heavy (non-hydrogen) atoms. The van der Waals surface area contributed by atoms with E-state index in [9.17, 15) is 14.0 Å². The number of hydrogen-bond donors (Lipinski definition) is 3. The summed E-state index contributed by atoms with van der Waals surface area (Å²) in [5, 5.41) is 6.62. The number of rotatable bonds is 3. The molecule has 142 valence electrons. The number of halogens is 1. The minimum atomic E-state index is -0.772. The van der Waals surface area contributed by atoms with Gasteiger partial charge in [0.15, 0.2) is 5.76 Å². The van der Waals surface area contributed by atoms with Crippen molar-refractivity contribution in [3.05, 3.63) is 52.7 Å². The molecular weight excluding hydrogens is 351 g/mol.